The molecule has 0 aliphatic carbocycles. The molecule has 3 heteroatoms. The molecule has 0 atom stereocenters. The van der Waals surface area contributed by atoms with E-state index in [1.54, 1.807) is 0 Å². The van der Waals surface area contributed by atoms with Crippen LogP contribution in [0, 0.1) is 0 Å². The second-order valence-corrected chi connectivity index (χ2v) is 5.95. The van der Waals surface area contributed by atoms with Crippen LogP contribution in [0.1, 0.15) is 29.9 Å². The molecule has 0 amide bonds. The number of benzene rings is 2. The molecule has 1 aliphatic heterocycles. The van der Waals surface area contributed by atoms with E-state index in [2.05, 4.69) is 29.3 Å². The molecule has 0 saturated carbocycles. The highest BCUT2D eigenvalue weighted by molar-refractivity contribution is 6.30. The number of nitrogens with zero attached hydrogens (tertiary/aromatic N) is 1. The lowest BCUT2D eigenvalue weighted by Crippen LogP contribution is -2.32. The van der Waals surface area contributed by atoms with Crippen molar-refractivity contribution in [1.82, 2.24) is 5.06 Å². The number of hydroxylamine groups is 2. The first kappa shape index (κ1) is 14.6. The lowest BCUT2D eigenvalue weighted by atomic mass is 9.90. The number of rotatable bonds is 4. The lowest BCUT2D eigenvalue weighted by Gasteiger charge is -2.31. The van der Waals surface area contributed by atoms with E-state index in [1.165, 1.54) is 11.1 Å². The van der Waals surface area contributed by atoms with Gasteiger partial charge in [0.2, 0.25) is 0 Å². The van der Waals surface area contributed by atoms with Crippen LogP contribution in [0.5, 0.6) is 0 Å². The summed E-state index contributed by atoms with van der Waals surface area (Å²) >= 11 is 5.94. The minimum absolute atomic E-state index is 0.624. The third-order valence-corrected chi connectivity index (χ3v) is 4.30. The first-order chi connectivity index (χ1) is 10.3. The Kier molecular flexibility index (Phi) is 4.91. The molecular formula is C18H20ClNO. The van der Waals surface area contributed by atoms with Crippen molar-refractivity contribution in [1.29, 1.82) is 0 Å². The SMILES string of the molecule is Clc1ccc(C2CCN(OCc3ccccc3)CC2)cc1. The Balaban J connectivity index is 1.48. The van der Waals surface area contributed by atoms with Crippen LogP contribution < -0.4 is 0 Å². The highest BCUT2D eigenvalue weighted by atomic mass is 35.5. The molecule has 0 spiro atoms. The van der Waals surface area contributed by atoms with Crippen molar-refractivity contribution in [3.8, 4) is 0 Å². The first-order valence-corrected chi connectivity index (χ1v) is 7.86. The van der Waals surface area contributed by atoms with Gasteiger partial charge in [-0.15, -0.1) is 0 Å². The van der Waals surface area contributed by atoms with Gasteiger partial charge in [-0.05, 0) is 42.0 Å². The van der Waals surface area contributed by atoms with Crippen molar-refractivity contribution in [3.05, 3.63) is 70.7 Å². The number of hydrogen-bond donors (Lipinski definition) is 0. The second-order valence-electron chi connectivity index (χ2n) is 5.51. The fraction of sp³-hybridized carbons (Fsp3) is 0.333. The number of halogens is 1. The van der Waals surface area contributed by atoms with Crippen LogP contribution >= 0.6 is 11.6 Å². The van der Waals surface area contributed by atoms with Crippen molar-refractivity contribution in [2.75, 3.05) is 13.1 Å². The van der Waals surface area contributed by atoms with Crippen molar-refractivity contribution in [2.45, 2.75) is 25.4 Å². The zero-order chi connectivity index (χ0) is 14.5. The molecule has 1 heterocycles. The van der Waals surface area contributed by atoms with Gasteiger partial charge in [-0.3, -0.25) is 4.84 Å². The van der Waals surface area contributed by atoms with E-state index < -0.39 is 0 Å². The molecule has 0 bridgehead atoms. The smallest absolute Gasteiger partial charge is 0.0935 e. The van der Waals surface area contributed by atoms with E-state index in [-0.39, 0.29) is 0 Å². The fourth-order valence-electron chi connectivity index (χ4n) is 2.79. The van der Waals surface area contributed by atoms with E-state index >= 15 is 0 Å². The summed E-state index contributed by atoms with van der Waals surface area (Å²) in [5.41, 5.74) is 2.61. The largest absolute Gasteiger partial charge is 0.294 e. The molecule has 21 heavy (non-hydrogen) atoms. The normalized spacial score (nSPS) is 17.0. The lowest BCUT2D eigenvalue weighted by molar-refractivity contribution is -0.180. The average molecular weight is 302 g/mol. The topological polar surface area (TPSA) is 12.5 Å². The second kappa shape index (κ2) is 7.08. The van der Waals surface area contributed by atoms with Crippen molar-refractivity contribution < 1.29 is 4.84 Å². The van der Waals surface area contributed by atoms with Crippen LogP contribution in [0.2, 0.25) is 5.02 Å². The van der Waals surface area contributed by atoms with E-state index in [1.807, 2.05) is 30.3 Å². The zero-order valence-corrected chi connectivity index (χ0v) is 12.8. The van der Waals surface area contributed by atoms with E-state index in [0.717, 1.165) is 31.0 Å². The predicted molar refractivity (Wildman–Crippen MR) is 86.2 cm³/mol. The van der Waals surface area contributed by atoms with Gasteiger partial charge in [-0.2, -0.15) is 5.06 Å². The predicted octanol–water partition coefficient (Wildman–Crippen LogP) is 4.65. The van der Waals surface area contributed by atoms with Gasteiger partial charge in [0.15, 0.2) is 0 Å². The van der Waals surface area contributed by atoms with Crippen LogP contribution in [-0.4, -0.2) is 18.2 Å². The molecule has 1 saturated heterocycles. The third kappa shape index (κ3) is 4.07. The zero-order valence-electron chi connectivity index (χ0n) is 12.0. The van der Waals surface area contributed by atoms with Crippen LogP contribution in [0.15, 0.2) is 54.6 Å². The van der Waals surface area contributed by atoms with Crippen LogP contribution in [0.25, 0.3) is 0 Å². The maximum atomic E-state index is 5.94. The molecule has 110 valence electrons. The van der Waals surface area contributed by atoms with Crippen molar-refractivity contribution in [3.63, 3.8) is 0 Å². The highest BCUT2D eigenvalue weighted by Crippen LogP contribution is 2.29. The summed E-state index contributed by atoms with van der Waals surface area (Å²) in [6.45, 7) is 2.63. The van der Waals surface area contributed by atoms with Crippen molar-refractivity contribution >= 4 is 11.6 Å². The van der Waals surface area contributed by atoms with Gasteiger partial charge in [-0.25, -0.2) is 0 Å². The Morgan fingerprint density at radius 3 is 2.29 bits per heavy atom. The van der Waals surface area contributed by atoms with Gasteiger partial charge in [0.25, 0.3) is 0 Å². The molecule has 3 rings (SSSR count). The minimum atomic E-state index is 0.624. The summed E-state index contributed by atoms with van der Waals surface area (Å²) in [6.07, 6.45) is 2.27. The summed E-state index contributed by atoms with van der Waals surface area (Å²) in [7, 11) is 0. The monoisotopic (exact) mass is 301 g/mol. The fourth-order valence-corrected chi connectivity index (χ4v) is 2.92. The summed E-state index contributed by atoms with van der Waals surface area (Å²) in [6, 6.07) is 18.6. The molecule has 0 unspecified atom stereocenters. The van der Waals surface area contributed by atoms with Gasteiger partial charge in [-0.1, -0.05) is 54.1 Å². The molecule has 0 aromatic heterocycles. The molecule has 0 N–H and O–H groups in total. The Hall–Kier alpha value is -1.35. The standard InChI is InChI=1S/C18H20ClNO/c19-18-8-6-16(7-9-18)17-10-12-20(13-11-17)21-14-15-4-2-1-3-5-15/h1-9,17H,10-14H2. The van der Waals surface area contributed by atoms with E-state index in [0.29, 0.717) is 12.5 Å². The summed E-state index contributed by atoms with van der Waals surface area (Å²) < 4.78 is 0. The summed E-state index contributed by atoms with van der Waals surface area (Å²) in [5.74, 6) is 0.624. The number of hydrogen-bond acceptors (Lipinski definition) is 2. The van der Waals surface area contributed by atoms with E-state index in [9.17, 15) is 0 Å². The molecular weight excluding hydrogens is 282 g/mol. The van der Waals surface area contributed by atoms with Crippen molar-refractivity contribution in [2.24, 2.45) is 0 Å². The molecule has 2 aromatic carbocycles. The van der Waals surface area contributed by atoms with Gasteiger partial charge in [0.05, 0.1) is 6.61 Å². The Bertz CT molecular complexity index is 547. The quantitative estimate of drug-likeness (QED) is 0.815. The average Bonchev–Trinajstić information content (AvgIpc) is 2.55. The van der Waals surface area contributed by atoms with Gasteiger partial charge in [0.1, 0.15) is 0 Å². The molecule has 2 nitrogen and oxygen atoms in total. The van der Waals surface area contributed by atoms with Gasteiger partial charge >= 0.3 is 0 Å². The van der Waals surface area contributed by atoms with Crippen LogP contribution in [-0.2, 0) is 11.4 Å². The third-order valence-electron chi connectivity index (χ3n) is 4.05. The maximum Gasteiger partial charge on any atom is 0.0935 e. The molecule has 1 fully saturated rings. The molecule has 1 aliphatic rings. The van der Waals surface area contributed by atoms with Crippen LogP contribution in [0.4, 0.5) is 0 Å². The molecule has 2 aromatic rings. The number of piperidine rings is 1. The summed E-state index contributed by atoms with van der Waals surface area (Å²) in [5, 5.41) is 2.90. The summed E-state index contributed by atoms with van der Waals surface area (Å²) in [4.78, 5) is 5.88. The Morgan fingerprint density at radius 1 is 0.952 bits per heavy atom. The highest BCUT2D eigenvalue weighted by Gasteiger charge is 2.21. The Labute approximate surface area is 131 Å². The minimum Gasteiger partial charge on any atom is -0.294 e. The molecule has 0 radical (unpaired) electrons. The first-order valence-electron chi connectivity index (χ1n) is 7.48. The van der Waals surface area contributed by atoms with E-state index in [4.69, 9.17) is 16.4 Å². The van der Waals surface area contributed by atoms with Gasteiger partial charge < -0.3 is 0 Å². The maximum absolute atomic E-state index is 5.94. The van der Waals surface area contributed by atoms with Crippen LogP contribution in [0.3, 0.4) is 0 Å². The van der Waals surface area contributed by atoms with Gasteiger partial charge in [0, 0.05) is 18.1 Å². The Morgan fingerprint density at radius 2 is 1.62 bits per heavy atom.